The summed E-state index contributed by atoms with van der Waals surface area (Å²) in [6, 6.07) is 20.2. The van der Waals surface area contributed by atoms with Gasteiger partial charge in [-0.2, -0.15) is 0 Å². The summed E-state index contributed by atoms with van der Waals surface area (Å²) in [6.45, 7) is 0. The van der Waals surface area contributed by atoms with Crippen molar-refractivity contribution in [1.29, 1.82) is 0 Å². The largest absolute Gasteiger partial charge is 0.335 e. The van der Waals surface area contributed by atoms with E-state index in [1.807, 2.05) is 36.4 Å². The normalized spacial score (nSPS) is 11.2. The zero-order valence-electron chi connectivity index (χ0n) is 12.2. The highest BCUT2D eigenvalue weighted by Gasteiger charge is 2.28. The Labute approximate surface area is 129 Å². The van der Waals surface area contributed by atoms with Gasteiger partial charge in [0, 0.05) is 22.6 Å². The monoisotopic (exact) mass is 319 g/mol. The van der Waals surface area contributed by atoms with Crippen LogP contribution in [0.15, 0.2) is 60.7 Å². The molecular formula is C15H18BO3P2. The predicted molar refractivity (Wildman–Crippen MR) is 91.3 cm³/mol. The maximum atomic E-state index is 12.5. The minimum atomic E-state index is -3.04. The molecule has 6 heteroatoms. The minimum Gasteiger partial charge on any atom is -0.312 e. The fourth-order valence-corrected chi connectivity index (χ4v) is 7.02. The molecule has 0 saturated carbocycles. The van der Waals surface area contributed by atoms with Crippen LogP contribution in [0.25, 0.3) is 0 Å². The molecule has 0 N–H and O–H groups in total. The molecule has 0 bridgehead atoms. The molecule has 0 heterocycles. The Kier molecular flexibility index (Phi) is 7.35. The molecule has 0 aromatic heterocycles. The molecule has 0 atom stereocenters. The first-order valence-electron chi connectivity index (χ1n) is 6.27. The van der Waals surface area contributed by atoms with Crippen LogP contribution in [0.1, 0.15) is 0 Å². The fourth-order valence-electron chi connectivity index (χ4n) is 1.89. The fraction of sp³-hybridized carbons (Fsp3) is 0.200. The highest BCUT2D eigenvalue weighted by atomic mass is 31.2. The quantitative estimate of drug-likeness (QED) is 0.606. The molecule has 0 unspecified atom stereocenters. The molecule has 2 aromatic rings. The molecule has 0 aliphatic rings. The van der Waals surface area contributed by atoms with Crippen LogP contribution in [0.3, 0.4) is 0 Å². The van der Waals surface area contributed by atoms with Gasteiger partial charge in [-0.15, -0.1) is 0 Å². The summed E-state index contributed by atoms with van der Waals surface area (Å²) in [7, 11) is -0.926. The first-order valence-corrected chi connectivity index (χ1v) is 9.52. The standard InChI is InChI=1S/C15H18O3P2.B/c1-17-20(16,18-2)13-19(14-9-5-3-6-10-14)15-11-7-4-8-12-15;/h3-12H,13H2,1-2H3;. The van der Waals surface area contributed by atoms with E-state index in [0.29, 0.717) is 5.90 Å². The van der Waals surface area contributed by atoms with Crippen molar-refractivity contribution in [2.24, 2.45) is 0 Å². The average molecular weight is 319 g/mol. The van der Waals surface area contributed by atoms with Crippen LogP contribution in [0.5, 0.6) is 0 Å². The second-order valence-electron chi connectivity index (χ2n) is 4.22. The number of hydrogen-bond acceptors (Lipinski definition) is 3. The van der Waals surface area contributed by atoms with Gasteiger partial charge in [0.15, 0.2) is 0 Å². The lowest BCUT2D eigenvalue weighted by Crippen LogP contribution is -2.14. The van der Waals surface area contributed by atoms with Crippen molar-refractivity contribution in [3.8, 4) is 0 Å². The van der Waals surface area contributed by atoms with E-state index < -0.39 is 15.5 Å². The Morgan fingerprint density at radius 3 is 1.57 bits per heavy atom. The molecule has 0 fully saturated rings. The molecule has 3 radical (unpaired) electrons. The summed E-state index contributed by atoms with van der Waals surface area (Å²) in [4.78, 5) is 0. The van der Waals surface area contributed by atoms with Crippen molar-refractivity contribution in [2.75, 3.05) is 20.1 Å². The summed E-state index contributed by atoms with van der Waals surface area (Å²) in [6.07, 6.45) is 0. The van der Waals surface area contributed by atoms with Crippen LogP contribution in [-0.2, 0) is 13.6 Å². The van der Waals surface area contributed by atoms with Gasteiger partial charge in [0.25, 0.3) is 0 Å². The van der Waals surface area contributed by atoms with E-state index in [-0.39, 0.29) is 8.41 Å². The van der Waals surface area contributed by atoms with Gasteiger partial charge < -0.3 is 9.05 Å². The van der Waals surface area contributed by atoms with Gasteiger partial charge in [-0.3, -0.25) is 4.57 Å². The van der Waals surface area contributed by atoms with Gasteiger partial charge in [-0.25, -0.2) is 0 Å². The molecule has 0 saturated heterocycles. The zero-order chi connectivity index (χ0) is 14.4. The second kappa shape index (κ2) is 8.51. The lowest BCUT2D eigenvalue weighted by molar-refractivity contribution is 0.280. The molecule has 0 aliphatic carbocycles. The number of rotatable bonds is 6. The lowest BCUT2D eigenvalue weighted by atomic mass is 10.4. The molecule has 0 aliphatic heterocycles. The van der Waals surface area contributed by atoms with E-state index in [9.17, 15) is 4.57 Å². The van der Waals surface area contributed by atoms with E-state index in [4.69, 9.17) is 9.05 Å². The van der Waals surface area contributed by atoms with Crippen molar-refractivity contribution < 1.29 is 13.6 Å². The minimum absolute atomic E-state index is 0. The van der Waals surface area contributed by atoms with Crippen molar-refractivity contribution in [1.82, 2.24) is 0 Å². The molecule has 2 rings (SSSR count). The lowest BCUT2D eigenvalue weighted by Gasteiger charge is -2.22. The van der Waals surface area contributed by atoms with Crippen molar-refractivity contribution in [3.05, 3.63) is 60.7 Å². The third-order valence-corrected chi connectivity index (χ3v) is 8.48. The maximum absolute atomic E-state index is 12.5. The molecule has 0 amide bonds. The first kappa shape index (κ1) is 18.1. The average Bonchev–Trinajstić information content (AvgIpc) is 2.54. The zero-order valence-corrected chi connectivity index (χ0v) is 14.0. The van der Waals surface area contributed by atoms with Crippen LogP contribution < -0.4 is 10.6 Å². The van der Waals surface area contributed by atoms with Crippen LogP contribution in [0, 0.1) is 0 Å². The van der Waals surface area contributed by atoms with E-state index in [2.05, 4.69) is 24.3 Å². The Balaban J connectivity index is 0.00000220. The van der Waals surface area contributed by atoms with Gasteiger partial charge in [-0.1, -0.05) is 60.7 Å². The molecule has 0 spiro atoms. The number of benzene rings is 2. The third-order valence-electron chi connectivity index (χ3n) is 3.01. The highest BCUT2D eigenvalue weighted by Crippen LogP contribution is 2.56. The highest BCUT2D eigenvalue weighted by molar-refractivity contribution is 7.82. The van der Waals surface area contributed by atoms with Gasteiger partial charge in [0.1, 0.15) is 0 Å². The second-order valence-corrected chi connectivity index (χ2v) is 9.19. The maximum Gasteiger partial charge on any atom is 0.335 e. The molecule has 3 nitrogen and oxygen atoms in total. The van der Waals surface area contributed by atoms with Crippen LogP contribution in [0.4, 0.5) is 0 Å². The Bertz CT molecular complexity index is 530. The van der Waals surface area contributed by atoms with E-state index >= 15 is 0 Å². The summed E-state index contributed by atoms with van der Waals surface area (Å²) in [5.41, 5.74) is 0. The van der Waals surface area contributed by atoms with Gasteiger partial charge in [0.05, 0.1) is 5.90 Å². The Hall–Kier alpha value is -0.915. The topological polar surface area (TPSA) is 35.5 Å². The van der Waals surface area contributed by atoms with Gasteiger partial charge in [0.2, 0.25) is 0 Å². The Morgan fingerprint density at radius 1 is 0.857 bits per heavy atom. The smallest absolute Gasteiger partial charge is 0.312 e. The summed E-state index contributed by atoms with van der Waals surface area (Å²) in [5, 5.41) is 2.34. The van der Waals surface area contributed by atoms with Gasteiger partial charge >= 0.3 is 7.60 Å². The van der Waals surface area contributed by atoms with Crippen molar-refractivity contribution in [3.63, 3.8) is 0 Å². The SMILES string of the molecule is COP(=O)(CP(c1ccccc1)c1ccccc1)OC.[B]. The Morgan fingerprint density at radius 2 is 1.24 bits per heavy atom. The summed E-state index contributed by atoms with van der Waals surface area (Å²) < 4.78 is 22.7. The third kappa shape index (κ3) is 4.80. The van der Waals surface area contributed by atoms with Crippen molar-refractivity contribution >= 4 is 34.5 Å². The molecule has 21 heavy (non-hydrogen) atoms. The van der Waals surface area contributed by atoms with Crippen LogP contribution >= 0.6 is 15.5 Å². The molecular weight excluding hydrogens is 301 g/mol. The predicted octanol–water partition coefficient (Wildman–Crippen LogP) is 3.18. The summed E-state index contributed by atoms with van der Waals surface area (Å²) in [5.74, 6) is 0.392. The molecule has 2 aromatic carbocycles. The van der Waals surface area contributed by atoms with Gasteiger partial charge in [-0.05, 0) is 18.5 Å². The van der Waals surface area contributed by atoms with E-state index in [0.717, 1.165) is 0 Å². The van der Waals surface area contributed by atoms with E-state index in [1.165, 1.54) is 24.8 Å². The van der Waals surface area contributed by atoms with Crippen LogP contribution in [-0.4, -0.2) is 28.5 Å². The molecule has 109 valence electrons. The van der Waals surface area contributed by atoms with Crippen molar-refractivity contribution in [2.45, 2.75) is 0 Å². The van der Waals surface area contributed by atoms with E-state index in [1.54, 1.807) is 0 Å². The number of hydrogen-bond donors (Lipinski definition) is 0. The summed E-state index contributed by atoms with van der Waals surface area (Å²) >= 11 is 0. The first-order chi connectivity index (χ1) is 9.68. The van der Waals surface area contributed by atoms with Crippen LogP contribution in [0.2, 0.25) is 0 Å².